The molecule has 0 fully saturated rings. The van der Waals surface area contributed by atoms with Crippen LogP contribution in [0, 0.1) is 0 Å². The molecule has 0 saturated heterocycles. The van der Waals surface area contributed by atoms with Crippen molar-refractivity contribution in [3.05, 3.63) is 49.6 Å². The van der Waals surface area contributed by atoms with Crippen molar-refractivity contribution in [1.82, 2.24) is 4.98 Å². The monoisotopic (exact) mass is 418 g/mol. The molecule has 28 heavy (non-hydrogen) atoms. The number of amides is 1. The van der Waals surface area contributed by atoms with Gasteiger partial charge in [-0.05, 0) is 49.4 Å². The van der Waals surface area contributed by atoms with Gasteiger partial charge in [-0.25, -0.2) is 0 Å². The molecule has 2 heterocycles. The highest BCUT2D eigenvalue weighted by Gasteiger charge is 2.25. The lowest BCUT2D eigenvalue weighted by Crippen LogP contribution is -2.23. The summed E-state index contributed by atoms with van der Waals surface area (Å²) < 4.78 is 5.09. The van der Waals surface area contributed by atoms with E-state index in [1.54, 1.807) is 12.1 Å². The second-order valence-corrected chi connectivity index (χ2v) is 8.26. The Bertz CT molecular complexity index is 1140. The Morgan fingerprint density at radius 2 is 2.07 bits per heavy atom. The number of aromatic hydroxyl groups is 1. The number of ether oxygens (including phenoxy) is 1. The number of aryl methyl sites for hydroxylation is 2. The molecule has 1 aliphatic carbocycles. The van der Waals surface area contributed by atoms with E-state index in [1.807, 2.05) is 0 Å². The zero-order chi connectivity index (χ0) is 19.8. The van der Waals surface area contributed by atoms with Gasteiger partial charge in [0.25, 0.3) is 11.5 Å². The van der Waals surface area contributed by atoms with Crippen LogP contribution in [0.25, 0.3) is 10.2 Å². The molecule has 1 amide bonds. The molecule has 0 atom stereocenters. The summed E-state index contributed by atoms with van der Waals surface area (Å²) in [4.78, 5) is 29.9. The molecule has 0 saturated carbocycles. The second-order valence-electron chi connectivity index (χ2n) is 6.75. The molecule has 4 rings (SSSR count). The van der Waals surface area contributed by atoms with Crippen LogP contribution in [0.1, 0.15) is 40.1 Å². The molecule has 3 aromatic rings. The van der Waals surface area contributed by atoms with Crippen LogP contribution >= 0.6 is 22.9 Å². The molecule has 1 aromatic carbocycles. The van der Waals surface area contributed by atoms with Gasteiger partial charge in [0.2, 0.25) is 0 Å². The van der Waals surface area contributed by atoms with Crippen molar-refractivity contribution in [1.29, 1.82) is 0 Å². The third kappa shape index (κ3) is 3.25. The molecule has 3 N–H and O–H groups in total. The number of anilines is 1. The van der Waals surface area contributed by atoms with Gasteiger partial charge in [0.15, 0.2) is 0 Å². The second kappa shape index (κ2) is 7.48. The molecule has 2 aromatic heterocycles. The van der Waals surface area contributed by atoms with E-state index in [-0.39, 0.29) is 11.3 Å². The number of hydrogen-bond acceptors (Lipinski definition) is 5. The van der Waals surface area contributed by atoms with Crippen LogP contribution in [0.3, 0.4) is 0 Å². The van der Waals surface area contributed by atoms with Crippen molar-refractivity contribution < 1.29 is 14.6 Å². The molecule has 0 radical (unpaired) electrons. The Morgan fingerprint density at radius 1 is 1.29 bits per heavy atom. The third-order valence-electron chi connectivity index (χ3n) is 4.99. The zero-order valence-electron chi connectivity index (χ0n) is 15.2. The van der Waals surface area contributed by atoms with Gasteiger partial charge in [0.05, 0.1) is 17.5 Å². The number of rotatable bonds is 3. The van der Waals surface area contributed by atoms with Gasteiger partial charge in [-0.2, -0.15) is 0 Å². The molecule has 0 bridgehead atoms. The minimum atomic E-state index is -0.685. The Hall–Kier alpha value is -2.51. The van der Waals surface area contributed by atoms with Crippen LogP contribution in [0.2, 0.25) is 5.02 Å². The highest BCUT2D eigenvalue weighted by molar-refractivity contribution is 7.18. The lowest BCUT2D eigenvalue weighted by atomic mass is 10.0. The molecule has 0 aliphatic heterocycles. The number of carbonyl (C=O) groups is 1. The lowest BCUT2D eigenvalue weighted by Gasteiger charge is -2.10. The topological polar surface area (TPSA) is 91.4 Å². The number of pyridine rings is 1. The fraction of sp³-hybridized carbons (Fsp3) is 0.300. The number of hydrogen-bond donors (Lipinski definition) is 3. The van der Waals surface area contributed by atoms with Crippen molar-refractivity contribution in [3.8, 4) is 11.5 Å². The van der Waals surface area contributed by atoms with Crippen molar-refractivity contribution in [2.75, 3.05) is 12.4 Å². The van der Waals surface area contributed by atoms with Gasteiger partial charge in [-0.3, -0.25) is 9.59 Å². The maximum Gasteiger partial charge on any atom is 0.265 e. The largest absolute Gasteiger partial charge is 0.506 e. The zero-order valence-corrected chi connectivity index (χ0v) is 16.8. The predicted octanol–water partition coefficient (Wildman–Crippen LogP) is 4.48. The highest BCUT2D eigenvalue weighted by atomic mass is 35.5. The van der Waals surface area contributed by atoms with E-state index in [0.717, 1.165) is 37.7 Å². The first-order valence-corrected chi connectivity index (χ1v) is 10.2. The average molecular weight is 419 g/mol. The number of fused-ring (bicyclic) bond motifs is 3. The number of carbonyl (C=O) groups excluding carboxylic acids is 1. The van der Waals surface area contributed by atoms with Crippen LogP contribution in [0.15, 0.2) is 23.0 Å². The van der Waals surface area contributed by atoms with Gasteiger partial charge in [-0.15, -0.1) is 11.3 Å². The Morgan fingerprint density at radius 3 is 2.82 bits per heavy atom. The van der Waals surface area contributed by atoms with Crippen molar-refractivity contribution in [3.63, 3.8) is 0 Å². The summed E-state index contributed by atoms with van der Waals surface area (Å²) in [6, 6.07) is 4.76. The molecular weight excluding hydrogens is 400 g/mol. The lowest BCUT2D eigenvalue weighted by molar-refractivity contribution is 0.102. The van der Waals surface area contributed by atoms with E-state index in [4.69, 9.17) is 16.3 Å². The molecule has 0 unspecified atom stereocenters. The maximum absolute atomic E-state index is 12.8. The standard InChI is InChI=1S/C20H19ClN2O4S/c1-27-13-8-7-10(9-12(13)21)22-18(25)16-17(24)15-11-5-3-2-4-6-14(11)28-20(15)23-19(16)26/h7-9H,2-6H2,1H3,(H,22,25)(H2,23,24,26). The van der Waals surface area contributed by atoms with E-state index < -0.39 is 11.5 Å². The average Bonchev–Trinajstić information content (AvgIpc) is 2.83. The van der Waals surface area contributed by atoms with Crippen molar-refractivity contribution in [2.24, 2.45) is 0 Å². The summed E-state index contributed by atoms with van der Waals surface area (Å²) in [5, 5.41) is 14.4. The van der Waals surface area contributed by atoms with Gasteiger partial charge < -0.3 is 20.1 Å². The molecule has 8 heteroatoms. The smallest absolute Gasteiger partial charge is 0.265 e. The van der Waals surface area contributed by atoms with Crippen LogP contribution in [0.5, 0.6) is 11.5 Å². The number of thiophene rings is 1. The first-order valence-electron chi connectivity index (χ1n) is 9.04. The molecule has 1 aliphatic rings. The normalized spacial score (nSPS) is 13.8. The predicted molar refractivity (Wildman–Crippen MR) is 111 cm³/mol. The summed E-state index contributed by atoms with van der Waals surface area (Å²) in [6.45, 7) is 0. The van der Waals surface area contributed by atoms with Gasteiger partial charge in [-0.1, -0.05) is 18.0 Å². The van der Waals surface area contributed by atoms with Gasteiger partial charge in [0.1, 0.15) is 21.9 Å². The van der Waals surface area contributed by atoms with E-state index >= 15 is 0 Å². The fourth-order valence-corrected chi connectivity index (χ4v) is 5.17. The number of halogens is 1. The van der Waals surface area contributed by atoms with Gasteiger partial charge >= 0.3 is 0 Å². The van der Waals surface area contributed by atoms with E-state index in [2.05, 4.69) is 10.3 Å². The Labute approximate surface area is 170 Å². The quantitative estimate of drug-likeness (QED) is 0.547. The summed E-state index contributed by atoms with van der Waals surface area (Å²) in [5.74, 6) is -0.464. The Balaban J connectivity index is 1.75. The third-order valence-corrected chi connectivity index (χ3v) is 6.49. The van der Waals surface area contributed by atoms with Crippen LogP contribution < -0.4 is 15.6 Å². The number of nitrogens with one attached hydrogen (secondary N) is 2. The summed E-state index contributed by atoms with van der Waals surface area (Å²) in [5.41, 5.74) is 0.550. The summed E-state index contributed by atoms with van der Waals surface area (Å²) in [6.07, 6.45) is 5.03. The number of aromatic amines is 1. The highest BCUT2D eigenvalue weighted by Crippen LogP contribution is 2.39. The van der Waals surface area contributed by atoms with Crippen molar-refractivity contribution in [2.45, 2.75) is 32.1 Å². The number of methoxy groups -OCH3 is 1. The number of aromatic nitrogens is 1. The van der Waals surface area contributed by atoms with Gasteiger partial charge in [0, 0.05) is 10.6 Å². The molecule has 6 nitrogen and oxygen atoms in total. The fourth-order valence-electron chi connectivity index (χ4n) is 3.63. The SMILES string of the molecule is COc1ccc(NC(=O)c2c(O)c3c4c(sc3[nH]c2=O)CCCCC4)cc1Cl. The van der Waals surface area contributed by atoms with Crippen molar-refractivity contribution >= 4 is 44.7 Å². The van der Waals surface area contributed by atoms with Crippen LogP contribution in [0.4, 0.5) is 5.69 Å². The van der Waals surface area contributed by atoms with E-state index in [1.165, 1.54) is 29.4 Å². The number of benzene rings is 1. The van der Waals surface area contributed by atoms with E-state index in [9.17, 15) is 14.7 Å². The molecular formula is C20H19ClN2O4S. The molecule has 0 spiro atoms. The summed E-state index contributed by atoms with van der Waals surface area (Å²) in [7, 11) is 1.50. The number of H-pyrrole nitrogens is 1. The Kier molecular flexibility index (Phi) is 5.03. The summed E-state index contributed by atoms with van der Waals surface area (Å²) >= 11 is 7.58. The minimum Gasteiger partial charge on any atom is -0.506 e. The van der Waals surface area contributed by atoms with E-state index in [0.29, 0.717) is 26.7 Å². The first-order chi connectivity index (χ1) is 13.5. The molecule has 146 valence electrons. The van der Waals surface area contributed by atoms with Crippen LogP contribution in [-0.2, 0) is 12.8 Å². The van der Waals surface area contributed by atoms with Crippen LogP contribution in [-0.4, -0.2) is 23.1 Å². The maximum atomic E-state index is 12.8. The minimum absolute atomic E-state index is 0.254. The first kappa shape index (κ1) is 18.8.